The number of hydrogen-bond acceptors (Lipinski definition) is 3. The summed E-state index contributed by atoms with van der Waals surface area (Å²) in [4.78, 5) is 0. The Kier molecular flexibility index (Phi) is 4.26. The van der Waals surface area contributed by atoms with Crippen molar-refractivity contribution in [2.45, 2.75) is 13.3 Å². The van der Waals surface area contributed by atoms with Gasteiger partial charge in [-0.25, -0.2) is 10.0 Å². The monoisotopic (exact) mass is 174 g/mol. The molecule has 0 bridgehead atoms. The first-order chi connectivity index (χ1) is 5.34. The van der Waals surface area contributed by atoms with Gasteiger partial charge in [-0.05, 0) is 6.42 Å². The molecular weight excluding hydrogens is 156 g/mol. The first-order valence-corrected chi connectivity index (χ1v) is 5.54. The average Bonchev–Trinajstić information content (AvgIpc) is 2.07. The van der Waals surface area contributed by atoms with Gasteiger partial charge in [-0.1, -0.05) is 6.92 Å². The van der Waals surface area contributed by atoms with Gasteiger partial charge < -0.3 is 0 Å². The zero-order chi connectivity index (χ0) is 8.10. The second kappa shape index (κ2) is 5.01. The molecule has 0 amide bonds. The molecule has 2 nitrogen and oxygen atoms in total. The molecule has 1 fully saturated rings. The van der Waals surface area contributed by atoms with Crippen LogP contribution in [0.4, 0.5) is 0 Å². The van der Waals surface area contributed by atoms with Gasteiger partial charge in [0, 0.05) is 38.2 Å². The molecule has 1 heterocycles. The summed E-state index contributed by atoms with van der Waals surface area (Å²) in [5.41, 5.74) is 0. The third-order valence-electron chi connectivity index (χ3n) is 2.02. The highest BCUT2D eigenvalue weighted by Gasteiger charge is 2.13. The third kappa shape index (κ3) is 3.01. The summed E-state index contributed by atoms with van der Waals surface area (Å²) in [5, 5.41) is 4.82. The number of nitrogens with zero attached hydrogens (tertiary/aromatic N) is 2. The van der Waals surface area contributed by atoms with E-state index in [9.17, 15) is 0 Å². The summed E-state index contributed by atoms with van der Waals surface area (Å²) in [6, 6.07) is 0. The SMILES string of the molecule is CCCN(C)N1CCSCC1. The van der Waals surface area contributed by atoms with Crippen molar-refractivity contribution in [2.24, 2.45) is 0 Å². The molecule has 0 aromatic carbocycles. The highest BCUT2D eigenvalue weighted by molar-refractivity contribution is 7.99. The Labute approximate surface area is 73.9 Å². The summed E-state index contributed by atoms with van der Waals surface area (Å²) in [7, 11) is 2.19. The Bertz CT molecular complexity index is 102. The largest absolute Gasteiger partial charge is 0.245 e. The quantitative estimate of drug-likeness (QED) is 0.636. The Morgan fingerprint density at radius 2 is 2.00 bits per heavy atom. The van der Waals surface area contributed by atoms with Crippen molar-refractivity contribution in [3.63, 3.8) is 0 Å². The normalized spacial score (nSPS) is 21.0. The van der Waals surface area contributed by atoms with Crippen molar-refractivity contribution in [1.82, 2.24) is 10.0 Å². The van der Waals surface area contributed by atoms with Crippen molar-refractivity contribution in [3.8, 4) is 0 Å². The lowest BCUT2D eigenvalue weighted by Gasteiger charge is -2.34. The summed E-state index contributed by atoms with van der Waals surface area (Å²) in [6.07, 6.45) is 1.25. The van der Waals surface area contributed by atoms with E-state index in [4.69, 9.17) is 0 Å². The summed E-state index contributed by atoms with van der Waals surface area (Å²) in [6.45, 7) is 5.90. The van der Waals surface area contributed by atoms with Gasteiger partial charge >= 0.3 is 0 Å². The highest BCUT2D eigenvalue weighted by Crippen LogP contribution is 2.10. The number of rotatable bonds is 3. The Hall–Kier alpha value is 0.270. The molecule has 0 N–H and O–H groups in total. The van der Waals surface area contributed by atoms with E-state index in [0.29, 0.717) is 0 Å². The maximum Gasteiger partial charge on any atom is 0.0224 e. The molecule has 1 aliphatic rings. The van der Waals surface area contributed by atoms with Crippen LogP contribution in [0.1, 0.15) is 13.3 Å². The van der Waals surface area contributed by atoms with Crippen LogP contribution in [0.5, 0.6) is 0 Å². The van der Waals surface area contributed by atoms with E-state index in [1.54, 1.807) is 0 Å². The van der Waals surface area contributed by atoms with Crippen molar-refractivity contribution >= 4 is 11.8 Å². The van der Waals surface area contributed by atoms with Crippen molar-refractivity contribution in [1.29, 1.82) is 0 Å². The second-order valence-corrected chi connectivity index (χ2v) is 4.17. The van der Waals surface area contributed by atoms with E-state index in [-0.39, 0.29) is 0 Å². The third-order valence-corrected chi connectivity index (χ3v) is 2.96. The Balaban J connectivity index is 2.21. The lowest BCUT2D eigenvalue weighted by atomic mass is 10.5. The van der Waals surface area contributed by atoms with E-state index >= 15 is 0 Å². The fourth-order valence-corrected chi connectivity index (χ4v) is 2.24. The number of hydrogen-bond donors (Lipinski definition) is 0. The minimum atomic E-state index is 1.20. The van der Waals surface area contributed by atoms with Gasteiger partial charge in [0.15, 0.2) is 0 Å². The molecule has 0 unspecified atom stereocenters. The predicted octanol–water partition coefficient (Wildman–Crippen LogP) is 1.29. The summed E-state index contributed by atoms with van der Waals surface area (Å²) >= 11 is 2.07. The first-order valence-electron chi connectivity index (χ1n) is 4.38. The fraction of sp³-hybridized carbons (Fsp3) is 1.00. The number of thioether (sulfide) groups is 1. The molecular formula is C8H18N2S. The van der Waals surface area contributed by atoms with Crippen LogP contribution in [0, 0.1) is 0 Å². The van der Waals surface area contributed by atoms with Crippen molar-refractivity contribution in [3.05, 3.63) is 0 Å². The topological polar surface area (TPSA) is 6.48 Å². The van der Waals surface area contributed by atoms with E-state index in [2.05, 4.69) is 35.8 Å². The fourth-order valence-electron chi connectivity index (χ4n) is 1.36. The van der Waals surface area contributed by atoms with Crippen LogP contribution < -0.4 is 0 Å². The van der Waals surface area contributed by atoms with E-state index in [0.717, 1.165) is 0 Å². The molecule has 0 radical (unpaired) electrons. The van der Waals surface area contributed by atoms with E-state index in [1.807, 2.05) is 0 Å². The lowest BCUT2D eigenvalue weighted by Crippen LogP contribution is -2.45. The highest BCUT2D eigenvalue weighted by atomic mass is 32.2. The minimum absolute atomic E-state index is 1.20. The zero-order valence-electron chi connectivity index (χ0n) is 7.55. The van der Waals surface area contributed by atoms with Gasteiger partial charge in [0.2, 0.25) is 0 Å². The first kappa shape index (κ1) is 9.36. The van der Waals surface area contributed by atoms with Gasteiger partial charge in [0.1, 0.15) is 0 Å². The van der Waals surface area contributed by atoms with Gasteiger partial charge in [-0.15, -0.1) is 0 Å². The van der Waals surface area contributed by atoms with Crippen LogP contribution in [0.2, 0.25) is 0 Å². The molecule has 0 spiro atoms. The maximum atomic E-state index is 2.46. The Morgan fingerprint density at radius 1 is 1.36 bits per heavy atom. The molecule has 0 aromatic rings. The van der Waals surface area contributed by atoms with Crippen LogP contribution in [0.3, 0.4) is 0 Å². The molecule has 0 atom stereocenters. The molecule has 0 saturated carbocycles. The average molecular weight is 174 g/mol. The predicted molar refractivity (Wildman–Crippen MR) is 51.8 cm³/mol. The van der Waals surface area contributed by atoms with Crippen molar-refractivity contribution < 1.29 is 0 Å². The van der Waals surface area contributed by atoms with Crippen molar-refractivity contribution in [2.75, 3.05) is 38.2 Å². The van der Waals surface area contributed by atoms with Crippen LogP contribution in [0.15, 0.2) is 0 Å². The van der Waals surface area contributed by atoms with Crippen LogP contribution in [0.25, 0.3) is 0 Å². The molecule has 66 valence electrons. The molecule has 1 saturated heterocycles. The van der Waals surface area contributed by atoms with Crippen LogP contribution in [-0.2, 0) is 0 Å². The smallest absolute Gasteiger partial charge is 0.0224 e. The summed E-state index contributed by atoms with van der Waals surface area (Å²) < 4.78 is 0. The lowest BCUT2D eigenvalue weighted by molar-refractivity contribution is 0.00985. The second-order valence-electron chi connectivity index (χ2n) is 2.95. The van der Waals surface area contributed by atoms with E-state index in [1.165, 1.54) is 37.6 Å². The minimum Gasteiger partial charge on any atom is -0.245 e. The molecule has 11 heavy (non-hydrogen) atoms. The van der Waals surface area contributed by atoms with Crippen LogP contribution >= 0.6 is 11.8 Å². The molecule has 0 aliphatic carbocycles. The van der Waals surface area contributed by atoms with Gasteiger partial charge in [0.05, 0.1) is 0 Å². The molecule has 3 heteroatoms. The van der Waals surface area contributed by atoms with Crippen LogP contribution in [-0.4, -0.2) is 48.2 Å². The van der Waals surface area contributed by atoms with Gasteiger partial charge in [-0.3, -0.25) is 0 Å². The maximum absolute atomic E-state index is 2.46. The summed E-state index contributed by atoms with van der Waals surface area (Å²) in [5.74, 6) is 2.60. The molecule has 1 rings (SSSR count). The standard InChI is InChI=1S/C8H18N2S/c1-3-4-9(2)10-5-7-11-8-6-10/h3-8H2,1-2H3. The molecule has 0 aromatic heterocycles. The number of hydrazine groups is 1. The molecule has 1 aliphatic heterocycles. The van der Waals surface area contributed by atoms with E-state index < -0.39 is 0 Å². The zero-order valence-corrected chi connectivity index (χ0v) is 8.36. The van der Waals surface area contributed by atoms with Gasteiger partial charge in [-0.2, -0.15) is 11.8 Å². The Morgan fingerprint density at radius 3 is 2.55 bits per heavy atom. The van der Waals surface area contributed by atoms with Gasteiger partial charge in [0.25, 0.3) is 0 Å².